The summed E-state index contributed by atoms with van der Waals surface area (Å²) in [6, 6.07) is 4.26. The number of nitro groups is 2. The number of anilines is 1. The van der Waals surface area contributed by atoms with Gasteiger partial charge in [-0.25, -0.2) is 0 Å². The second-order valence-electron chi connectivity index (χ2n) is 5.84. The molecule has 1 saturated heterocycles. The van der Waals surface area contributed by atoms with Gasteiger partial charge in [-0.2, -0.15) is 5.01 Å². The van der Waals surface area contributed by atoms with E-state index < -0.39 is 9.85 Å². The van der Waals surface area contributed by atoms with Gasteiger partial charge in [-0.1, -0.05) is 19.3 Å². The van der Waals surface area contributed by atoms with Crippen molar-refractivity contribution in [3.05, 3.63) is 38.4 Å². The minimum absolute atomic E-state index is 0.100. The van der Waals surface area contributed by atoms with Gasteiger partial charge in [0.25, 0.3) is 5.69 Å². The zero-order valence-electron chi connectivity index (χ0n) is 12.3. The van der Waals surface area contributed by atoms with Crippen LogP contribution in [0.4, 0.5) is 17.1 Å². The molecule has 0 radical (unpaired) electrons. The predicted molar refractivity (Wildman–Crippen MR) is 80.4 cm³/mol. The van der Waals surface area contributed by atoms with Gasteiger partial charge < -0.3 is 0 Å². The van der Waals surface area contributed by atoms with Crippen LogP contribution >= 0.6 is 0 Å². The maximum absolute atomic E-state index is 11.3. The van der Waals surface area contributed by atoms with E-state index in [0.717, 1.165) is 18.9 Å². The van der Waals surface area contributed by atoms with Crippen molar-refractivity contribution >= 4 is 17.1 Å². The van der Waals surface area contributed by atoms with Crippen molar-refractivity contribution in [3.8, 4) is 0 Å². The van der Waals surface area contributed by atoms with Gasteiger partial charge in [0.1, 0.15) is 11.9 Å². The molecule has 118 valence electrons. The molecule has 1 aromatic rings. The summed E-state index contributed by atoms with van der Waals surface area (Å²) in [4.78, 5) is 20.9. The molecule has 0 N–H and O–H groups in total. The molecule has 0 amide bonds. The Bertz CT molecular complexity index is 615. The topological polar surface area (TPSA) is 92.3 Å². The second-order valence-corrected chi connectivity index (χ2v) is 5.84. The highest BCUT2D eigenvalue weighted by atomic mass is 16.6. The fraction of sp³-hybridized carbons (Fsp3) is 0.571. The maximum Gasteiger partial charge on any atom is 0.300 e. The second kappa shape index (κ2) is 5.53. The van der Waals surface area contributed by atoms with Gasteiger partial charge in [0.15, 0.2) is 0 Å². The number of nitrogens with zero attached hydrogens (tertiary/aromatic N) is 4. The largest absolute Gasteiger partial charge is 0.300 e. The zero-order valence-corrected chi connectivity index (χ0v) is 12.3. The summed E-state index contributed by atoms with van der Waals surface area (Å²) in [5.41, 5.74) is -0.0257. The molecule has 1 saturated carbocycles. The van der Waals surface area contributed by atoms with E-state index in [9.17, 15) is 20.2 Å². The first-order valence-electron chi connectivity index (χ1n) is 7.51. The number of hydrogen-bond acceptors (Lipinski definition) is 6. The van der Waals surface area contributed by atoms with Crippen molar-refractivity contribution in [2.45, 2.75) is 51.2 Å². The Labute approximate surface area is 127 Å². The number of hydrogen-bond donors (Lipinski definition) is 0. The molecule has 0 bridgehead atoms. The quantitative estimate of drug-likeness (QED) is 0.482. The third-order valence-electron chi connectivity index (χ3n) is 4.49. The lowest BCUT2D eigenvalue weighted by molar-refractivity contribution is -0.393. The first-order valence-corrected chi connectivity index (χ1v) is 7.51. The van der Waals surface area contributed by atoms with Gasteiger partial charge in [-0.3, -0.25) is 25.2 Å². The Morgan fingerprint density at radius 1 is 1.09 bits per heavy atom. The van der Waals surface area contributed by atoms with E-state index in [1.807, 2.05) is 11.9 Å². The summed E-state index contributed by atoms with van der Waals surface area (Å²) in [7, 11) is 0. The van der Waals surface area contributed by atoms with Crippen LogP contribution in [0.2, 0.25) is 0 Å². The highest BCUT2D eigenvalue weighted by molar-refractivity contribution is 5.69. The lowest BCUT2D eigenvalue weighted by atomic mass is 9.95. The Morgan fingerprint density at radius 2 is 1.77 bits per heavy atom. The summed E-state index contributed by atoms with van der Waals surface area (Å²) < 4.78 is 0. The molecule has 2 unspecified atom stereocenters. The Hall–Kier alpha value is -2.22. The van der Waals surface area contributed by atoms with Gasteiger partial charge in [0.2, 0.25) is 0 Å². The van der Waals surface area contributed by atoms with E-state index in [4.69, 9.17) is 0 Å². The Kier molecular flexibility index (Phi) is 3.69. The average molecular weight is 306 g/mol. The molecule has 1 aliphatic heterocycles. The van der Waals surface area contributed by atoms with Crippen LogP contribution in [0.5, 0.6) is 0 Å². The van der Waals surface area contributed by atoms with Crippen LogP contribution < -0.4 is 5.01 Å². The van der Waals surface area contributed by atoms with Crippen LogP contribution in [-0.4, -0.2) is 27.1 Å². The van der Waals surface area contributed by atoms with Crippen LogP contribution in [0.25, 0.3) is 0 Å². The number of benzene rings is 1. The van der Waals surface area contributed by atoms with Crippen molar-refractivity contribution < 1.29 is 9.85 Å². The molecule has 3 rings (SSSR count). The highest BCUT2D eigenvalue weighted by Crippen LogP contribution is 2.44. The van der Waals surface area contributed by atoms with Crippen LogP contribution in [-0.2, 0) is 0 Å². The third-order valence-corrected chi connectivity index (χ3v) is 4.49. The zero-order chi connectivity index (χ0) is 15.9. The lowest BCUT2D eigenvalue weighted by Gasteiger charge is -2.23. The molecular weight excluding hydrogens is 288 g/mol. The van der Waals surface area contributed by atoms with Crippen molar-refractivity contribution in [1.29, 1.82) is 0 Å². The van der Waals surface area contributed by atoms with E-state index in [2.05, 4.69) is 5.01 Å². The van der Waals surface area contributed by atoms with Crippen LogP contribution in [0.15, 0.2) is 18.2 Å². The molecule has 8 heteroatoms. The smallest absolute Gasteiger partial charge is 0.278 e. The van der Waals surface area contributed by atoms with E-state index in [1.54, 1.807) is 0 Å². The van der Waals surface area contributed by atoms with E-state index >= 15 is 0 Å². The molecular formula is C14H18N4O4. The Morgan fingerprint density at radius 3 is 2.36 bits per heavy atom. The number of nitro benzene ring substituents is 2. The summed E-state index contributed by atoms with van der Waals surface area (Å²) in [5.74, 6) is 0. The molecule has 1 aromatic carbocycles. The number of non-ortho nitro benzene ring substituents is 1. The summed E-state index contributed by atoms with van der Waals surface area (Å²) in [6.45, 7) is 2.00. The summed E-state index contributed by atoms with van der Waals surface area (Å²) in [6.07, 6.45) is 5.91. The molecule has 0 aromatic heterocycles. The number of rotatable bonds is 4. The fourth-order valence-electron chi connectivity index (χ4n) is 3.40. The van der Waals surface area contributed by atoms with Crippen LogP contribution in [0, 0.1) is 20.2 Å². The molecule has 1 heterocycles. The lowest BCUT2D eigenvalue weighted by Crippen LogP contribution is -2.25. The standard InChI is InChI=1S/C14H18N4O4/c1-10-15(11-5-3-2-4-6-11)16(10)13-8-7-12(17(19)20)9-14(13)18(21)22/h7-11H,2-6H2,1H3. The van der Waals surface area contributed by atoms with E-state index in [0.29, 0.717) is 11.7 Å². The van der Waals surface area contributed by atoms with Gasteiger partial charge in [-0.15, -0.1) is 0 Å². The van der Waals surface area contributed by atoms with Gasteiger partial charge in [-0.05, 0) is 25.8 Å². The predicted octanol–water partition coefficient (Wildman–Crippen LogP) is 3.22. The molecule has 2 fully saturated rings. The molecule has 1 aliphatic carbocycles. The van der Waals surface area contributed by atoms with Gasteiger partial charge in [0, 0.05) is 12.1 Å². The van der Waals surface area contributed by atoms with Crippen LogP contribution in [0.1, 0.15) is 39.0 Å². The van der Waals surface area contributed by atoms with Crippen LogP contribution in [0.3, 0.4) is 0 Å². The Balaban J connectivity index is 1.88. The van der Waals surface area contributed by atoms with Gasteiger partial charge in [0.05, 0.1) is 15.9 Å². The van der Waals surface area contributed by atoms with Crippen molar-refractivity contribution in [3.63, 3.8) is 0 Å². The van der Waals surface area contributed by atoms with Gasteiger partial charge >= 0.3 is 5.69 Å². The minimum Gasteiger partial charge on any atom is -0.278 e. The first kappa shape index (κ1) is 14.7. The average Bonchev–Trinajstić information content (AvgIpc) is 3.18. The summed E-state index contributed by atoms with van der Waals surface area (Å²) in [5, 5.41) is 26.1. The molecule has 2 atom stereocenters. The monoisotopic (exact) mass is 306 g/mol. The SMILES string of the molecule is CC1N(c2ccc([N+](=O)[O-])cc2[N+](=O)[O-])N1C1CCCCC1. The van der Waals surface area contributed by atoms with E-state index in [1.165, 1.54) is 31.4 Å². The highest BCUT2D eigenvalue weighted by Gasteiger charge is 2.49. The molecule has 2 aliphatic rings. The van der Waals surface area contributed by atoms with Crippen molar-refractivity contribution in [2.24, 2.45) is 0 Å². The van der Waals surface area contributed by atoms with Crippen molar-refractivity contribution in [2.75, 3.05) is 5.01 Å². The van der Waals surface area contributed by atoms with Crippen molar-refractivity contribution in [1.82, 2.24) is 5.01 Å². The molecule has 0 spiro atoms. The summed E-state index contributed by atoms with van der Waals surface area (Å²) >= 11 is 0. The third kappa shape index (κ3) is 2.50. The fourth-order valence-corrected chi connectivity index (χ4v) is 3.40. The molecule has 22 heavy (non-hydrogen) atoms. The molecule has 8 nitrogen and oxygen atoms in total. The first-order chi connectivity index (χ1) is 10.5. The maximum atomic E-state index is 11.3. The normalized spacial score (nSPS) is 25.0. The number of hydrazine groups is 1. The minimum atomic E-state index is -0.610. The van der Waals surface area contributed by atoms with E-state index in [-0.39, 0.29) is 17.5 Å².